The summed E-state index contributed by atoms with van der Waals surface area (Å²) in [7, 11) is 0. The summed E-state index contributed by atoms with van der Waals surface area (Å²) in [5, 5.41) is 4.80. The first-order valence-corrected chi connectivity index (χ1v) is 8.09. The zero-order valence-electron chi connectivity index (χ0n) is 11.6. The van der Waals surface area contributed by atoms with E-state index in [-0.39, 0.29) is 0 Å². The van der Waals surface area contributed by atoms with Gasteiger partial charge in [0.2, 0.25) is 0 Å². The van der Waals surface area contributed by atoms with Gasteiger partial charge in [0.05, 0.1) is 10.0 Å². The van der Waals surface area contributed by atoms with E-state index in [0.29, 0.717) is 10.0 Å². The summed E-state index contributed by atoms with van der Waals surface area (Å²) >= 11 is 12.3. The highest BCUT2D eigenvalue weighted by Crippen LogP contribution is 2.26. The van der Waals surface area contributed by atoms with E-state index in [1.807, 2.05) is 12.1 Å². The van der Waals surface area contributed by atoms with Crippen molar-refractivity contribution in [3.63, 3.8) is 0 Å². The van der Waals surface area contributed by atoms with Gasteiger partial charge in [-0.05, 0) is 24.6 Å². The summed E-state index contributed by atoms with van der Waals surface area (Å²) in [5.74, 6) is 0. The Bertz CT molecular complexity index is 452. The van der Waals surface area contributed by atoms with E-state index >= 15 is 0 Å². The van der Waals surface area contributed by atoms with Gasteiger partial charge >= 0.3 is 0 Å². The second-order valence-corrected chi connectivity index (χ2v) is 6.46. The minimum absolute atomic E-state index is 0.653. The summed E-state index contributed by atoms with van der Waals surface area (Å²) < 4.78 is 0. The first kappa shape index (κ1) is 14.6. The van der Waals surface area contributed by atoms with Crippen LogP contribution in [0.1, 0.15) is 12.0 Å². The van der Waals surface area contributed by atoms with E-state index < -0.39 is 0 Å². The molecular weight excluding hydrogens is 293 g/mol. The SMILES string of the molecule is Clc1cccc(CN2CCN(C3CCNC3)CC2)c1Cl. The number of nitrogens with zero attached hydrogens (tertiary/aromatic N) is 2. The van der Waals surface area contributed by atoms with Gasteiger partial charge in [-0.1, -0.05) is 35.3 Å². The smallest absolute Gasteiger partial charge is 0.0637 e. The standard InChI is InChI=1S/C15H21Cl2N3/c16-14-3-1-2-12(15(14)17)11-19-6-8-20(9-7-19)13-4-5-18-10-13/h1-3,13,18H,4-11H2. The maximum Gasteiger partial charge on any atom is 0.0637 e. The van der Waals surface area contributed by atoms with Gasteiger partial charge in [-0.15, -0.1) is 0 Å². The quantitative estimate of drug-likeness (QED) is 0.925. The molecule has 0 spiro atoms. The monoisotopic (exact) mass is 313 g/mol. The molecule has 2 aliphatic heterocycles. The van der Waals surface area contributed by atoms with Gasteiger partial charge in [0.1, 0.15) is 0 Å². The van der Waals surface area contributed by atoms with Crippen LogP contribution in [-0.4, -0.2) is 55.1 Å². The molecule has 110 valence electrons. The average molecular weight is 314 g/mol. The first-order chi connectivity index (χ1) is 9.74. The lowest BCUT2D eigenvalue weighted by Crippen LogP contribution is -2.50. The largest absolute Gasteiger partial charge is 0.315 e. The average Bonchev–Trinajstić information content (AvgIpc) is 2.99. The Labute approximate surface area is 130 Å². The molecule has 0 amide bonds. The predicted octanol–water partition coefficient (Wildman–Crippen LogP) is 2.47. The Morgan fingerprint density at radius 3 is 2.65 bits per heavy atom. The molecule has 1 aromatic rings. The van der Waals surface area contributed by atoms with Gasteiger partial charge in [0.15, 0.2) is 0 Å². The van der Waals surface area contributed by atoms with Crippen molar-refractivity contribution in [1.82, 2.24) is 15.1 Å². The molecule has 20 heavy (non-hydrogen) atoms. The molecule has 2 fully saturated rings. The number of halogens is 2. The zero-order chi connectivity index (χ0) is 13.9. The Morgan fingerprint density at radius 2 is 1.95 bits per heavy atom. The van der Waals surface area contributed by atoms with E-state index in [4.69, 9.17) is 23.2 Å². The number of nitrogens with one attached hydrogen (secondary N) is 1. The molecule has 0 aliphatic carbocycles. The molecule has 1 unspecified atom stereocenters. The van der Waals surface area contributed by atoms with E-state index in [0.717, 1.165) is 50.9 Å². The summed E-state index contributed by atoms with van der Waals surface area (Å²) in [5.41, 5.74) is 1.13. The normalized spacial score (nSPS) is 25.2. The Kier molecular flexibility index (Phi) is 4.84. The number of hydrogen-bond acceptors (Lipinski definition) is 3. The van der Waals surface area contributed by atoms with Crippen molar-refractivity contribution in [2.75, 3.05) is 39.3 Å². The lowest BCUT2D eigenvalue weighted by Gasteiger charge is -2.37. The van der Waals surface area contributed by atoms with Crippen LogP contribution in [0.4, 0.5) is 0 Å². The van der Waals surface area contributed by atoms with Crippen LogP contribution in [0.5, 0.6) is 0 Å². The second-order valence-electron chi connectivity index (χ2n) is 5.67. The number of hydrogen-bond donors (Lipinski definition) is 1. The van der Waals surface area contributed by atoms with Crippen LogP contribution < -0.4 is 5.32 Å². The third-order valence-electron chi connectivity index (χ3n) is 4.38. The van der Waals surface area contributed by atoms with Crippen molar-refractivity contribution < 1.29 is 0 Å². The second kappa shape index (κ2) is 6.63. The fourth-order valence-corrected chi connectivity index (χ4v) is 3.53. The highest BCUT2D eigenvalue weighted by Gasteiger charge is 2.26. The molecular formula is C15H21Cl2N3. The van der Waals surface area contributed by atoms with Crippen LogP contribution in [0.15, 0.2) is 18.2 Å². The minimum Gasteiger partial charge on any atom is -0.315 e. The lowest BCUT2D eigenvalue weighted by atomic mass is 10.1. The highest BCUT2D eigenvalue weighted by molar-refractivity contribution is 6.42. The number of benzene rings is 1. The summed E-state index contributed by atoms with van der Waals surface area (Å²) in [6, 6.07) is 6.64. The first-order valence-electron chi connectivity index (χ1n) is 7.34. The van der Waals surface area contributed by atoms with Gasteiger partial charge < -0.3 is 5.32 Å². The molecule has 0 bridgehead atoms. The Hall–Kier alpha value is -0.320. The molecule has 0 saturated carbocycles. The summed E-state index contributed by atoms with van der Waals surface area (Å²) in [6.45, 7) is 7.76. The van der Waals surface area contributed by atoms with E-state index in [1.54, 1.807) is 0 Å². The molecule has 1 aromatic carbocycles. The maximum absolute atomic E-state index is 6.27. The predicted molar refractivity (Wildman–Crippen MR) is 84.6 cm³/mol. The summed E-state index contributed by atoms with van der Waals surface area (Å²) in [4.78, 5) is 5.09. The fraction of sp³-hybridized carbons (Fsp3) is 0.600. The maximum atomic E-state index is 6.27. The van der Waals surface area contributed by atoms with E-state index in [1.165, 1.54) is 13.0 Å². The van der Waals surface area contributed by atoms with Crippen LogP contribution >= 0.6 is 23.2 Å². The van der Waals surface area contributed by atoms with Crippen LogP contribution in [0.25, 0.3) is 0 Å². The topological polar surface area (TPSA) is 18.5 Å². The Morgan fingerprint density at radius 1 is 1.15 bits per heavy atom. The van der Waals surface area contributed by atoms with Crippen molar-refractivity contribution in [3.05, 3.63) is 33.8 Å². The van der Waals surface area contributed by atoms with Crippen molar-refractivity contribution in [2.45, 2.75) is 19.0 Å². The van der Waals surface area contributed by atoms with Gasteiger partial charge in [-0.2, -0.15) is 0 Å². The Balaban J connectivity index is 1.54. The molecule has 2 aliphatic rings. The van der Waals surface area contributed by atoms with Gasteiger partial charge in [0.25, 0.3) is 0 Å². The molecule has 1 N–H and O–H groups in total. The van der Waals surface area contributed by atoms with Crippen LogP contribution in [-0.2, 0) is 6.54 Å². The fourth-order valence-electron chi connectivity index (χ4n) is 3.15. The molecule has 5 heteroatoms. The van der Waals surface area contributed by atoms with Crippen LogP contribution in [0, 0.1) is 0 Å². The van der Waals surface area contributed by atoms with Crippen molar-refractivity contribution in [2.24, 2.45) is 0 Å². The third-order valence-corrected chi connectivity index (χ3v) is 5.24. The molecule has 0 radical (unpaired) electrons. The van der Waals surface area contributed by atoms with Crippen LogP contribution in [0.2, 0.25) is 10.0 Å². The molecule has 1 atom stereocenters. The van der Waals surface area contributed by atoms with Crippen molar-refractivity contribution in [1.29, 1.82) is 0 Å². The van der Waals surface area contributed by atoms with Crippen molar-refractivity contribution >= 4 is 23.2 Å². The lowest BCUT2D eigenvalue weighted by molar-refractivity contribution is 0.0981. The molecule has 3 nitrogen and oxygen atoms in total. The minimum atomic E-state index is 0.653. The number of rotatable bonds is 3. The van der Waals surface area contributed by atoms with Gasteiger partial charge in [0, 0.05) is 45.3 Å². The summed E-state index contributed by atoms with van der Waals surface area (Å²) in [6.07, 6.45) is 1.29. The zero-order valence-corrected chi connectivity index (χ0v) is 13.1. The van der Waals surface area contributed by atoms with Gasteiger partial charge in [-0.3, -0.25) is 9.80 Å². The third kappa shape index (κ3) is 3.29. The van der Waals surface area contributed by atoms with Crippen LogP contribution in [0.3, 0.4) is 0 Å². The van der Waals surface area contributed by atoms with E-state index in [2.05, 4.69) is 21.2 Å². The highest BCUT2D eigenvalue weighted by atomic mass is 35.5. The molecule has 3 rings (SSSR count). The molecule has 2 heterocycles. The van der Waals surface area contributed by atoms with Crippen molar-refractivity contribution in [3.8, 4) is 0 Å². The molecule has 2 saturated heterocycles. The van der Waals surface area contributed by atoms with Gasteiger partial charge in [-0.25, -0.2) is 0 Å². The molecule has 0 aromatic heterocycles. The van der Waals surface area contributed by atoms with E-state index in [9.17, 15) is 0 Å². The number of piperazine rings is 1.